The average Bonchev–Trinajstić information content (AvgIpc) is 3.08. The number of fused-ring (bicyclic) bond motifs is 1. The zero-order valence-corrected chi connectivity index (χ0v) is 16.9. The first-order valence-electron chi connectivity index (χ1n) is 9.64. The van der Waals surface area contributed by atoms with Crippen molar-refractivity contribution < 1.29 is 9.53 Å². The number of anilines is 2. The van der Waals surface area contributed by atoms with Crippen LogP contribution in [0.3, 0.4) is 0 Å². The molecule has 152 valence electrons. The number of benzene rings is 1. The number of nitrogens with zero attached hydrogens (tertiary/aromatic N) is 3. The molecule has 2 atom stereocenters. The Balaban J connectivity index is 1.53. The number of aromatic nitrogens is 3. The number of esters is 1. The molecule has 1 aliphatic rings. The summed E-state index contributed by atoms with van der Waals surface area (Å²) >= 11 is 1.56. The molecular weight excluding hydrogens is 390 g/mol. The number of ether oxygens (including phenoxy) is 1. The summed E-state index contributed by atoms with van der Waals surface area (Å²) in [5.41, 5.74) is 7.18. The smallest absolute Gasteiger partial charge is 0.302 e. The lowest BCUT2D eigenvalue weighted by Gasteiger charge is -2.31. The van der Waals surface area contributed by atoms with E-state index >= 15 is 0 Å². The van der Waals surface area contributed by atoms with Crippen LogP contribution in [0.5, 0.6) is 0 Å². The first-order valence-corrected chi connectivity index (χ1v) is 10.5. The molecule has 2 aromatic heterocycles. The Morgan fingerprint density at radius 3 is 3.03 bits per heavy atom. The van der Waals surface area contributed by atoms with Crippen LogP contribution < -0.4 is 16.6 Å². The second kappa shape index (κ2) is 8.20. The molecule has 1 saturated carbocycles. The molecule has 29 heavy (non-hydrogen) atoms. The van der Waals surface area contributed by atoms with Crippen molar-refractivity contribution in [2.75, 3.05) is 11.1 Å². The first-order chi connectivity index (χ1) is 14.0. The molecule has 8 nitrogen and oxygen atoms in total. The SMILES string of the molecule is CC(=O)O[C@@H]1CCCC[C@H]1Nc1nc2ccc(Cn3ccnc(N)c3=O)cc2s1. The van der Waals surface area contributed by atoms with E-state index in [1.807, 2.05) is 18.2 Å². The highest BCUT2D eigenvalue weighted by atomic mass is 32.1. The minimum Gasteiger partial charge on any atom is -0.460 e. The molecule has 3 aromatic rings. The Bertz CT molecular complexity index is 1090. The Morgan fingerprint density at radius 2 is 2.21 bits per heavy atom. The van der Waals surface area contributed by atoms with E-state index in [1.54, 1.807) is 17.5 Å². The summed E-state index contributed by atoms with van der Waals surface area (Å²) in [6, 6.07) is 6.01. The zero-order valence-electron chi connectivity index (χ0n) is 16.1. The van der Waals surface area contributed by atoms with Crippen LogP contribution in [0.25, 0.3) is 10.2 Å². The quantitative estimate of drug-likeness (QED) is 0.619. The van der Waals surface area contributed by atoms with E-state index in [0.717, 1.165) is 46.6 Å². The van der Waals surface area contributed by atoms with Gasteiger partial charge in [-0.2, -0.15) is 0 Å². The fourth-order valence-electron chi connectivity index (χ4n) is 3.69. The number of nitrogens with two attached hydrogens (primary N) is 1. The van der Waals surface area contributed by atoms with E-state index in [-0.39, 0.29) is 29.5 Å². The molecule has 4 rings (SSSR count). The molecule has 1 aliphatic carbocycles. The van der Waals surface area contributed by atoms with E-state index in [0.29, 0.717) is 6.54 Å². The van der Waals surface area contributed by atoms with Gasteiger partial charge in [-0.15, -0.1) is 0 Å². The fourth-order valence-corrected chi connectivity index (χ4v) is 4.68. The van der Waals surface area contributed by atoms with E-state index in [4.69, 9.17) is 10.5 Å². The summed E-state index contributed by atoms with van der Waals surface area (Å²) in [6.07, 6.45) is 7.02. The lowest BCUT2D eigenvalue weighted by molar-refractivity contribution is -0.148. The summed E-state index contributed by atoms with van der Waals surface area (Å²) in [5.74, 6) is -0.252. The van der Waals surface area contributed by atoms with E-state index in [2.05, 4.69) is 15.3 Å². The predicted octanol–water partition coefficient (Wildman–Crippen LogP) is 2.77. The molecular formula is C20H23N5O3S. The van der Waals surface area contributed by atoms with Gasteiger partial charge in [0.2, 0.25) is 0 Å². The van der Waals surface area contributed by atoms with Gasteiger partial charge >= 0.3 is 5.97 Å². The minimum atomic E-state index is -0.298. The number of carbonyl (C=O) groups is 1. The molecule has 1 aromatic carbocycles. The predicted molar refractivity (Wildman–Crippen MR) is 113 cm³/mol. The van der Waals surface area contributed by atoms with Crippen LogP contribution in [0.15, 0.2) is 35.4 Å². The molecule has 0 aliphatic heterocycles. The third-order valence-electron chi connectivity index (χ3n) is 5.07. The molecule has 9 heteroatoms. The number of carbonyl (C=O) groups excluding carboxylic acids is 1. The number of nitrogen functional groups attached to an aromatic ring is 1. The van der Waals surface area contributed by atoms with Crippen molar-refractivity contribution >= 4 is 38.5 Å². The number of rotatable bonds is 5. The lowest BCUT2D eigenvalue weighted by atomic mass is 9.92. The molecule has 3 N–H and O–H groups in total. The largest absolute Gasteiger partial charge is 0.460 e. The van der Waals surface area contributed by atoms with Crippen LogP contribution >= 0.6 is 11.3 Å². The van der Waals surface area contributed by atoms with Gasteiger partial charge in [0.05, 0.1) is 22.8 Å². The van der Waals surface area contributed by atoms with Crippen LogP contribution in [0.1, 0.15) is 38.2 Å². The maximum atomic E-state index is 12.1. The Morgan fingerprint density at radius 1 is 1.38 bits per heavy atom. The third kappa shape index (κ3) is 4.40. The van der Waals surface area contributed by atoms with Crippen LogP contribution in [-0.4, -0.2) is 32.7 Å². The number of thiazole rings is 1. The number of hydrogen-bond donors (Lipinski definition) is 2. The molecule has 0 spiro atoms. The van der Waals surface area contributed by atoms with Gasteiger partial charge in [-0.3, -0.25) is 9.59 Å². The third-order valence-corrected chi connectivity index (χ3v) is 6.02. The number of nitrogens with one attached hydrogen (secondary N) is 1. The van der Waals surface area contributed by atoms with Gasteiger partial charge in [-0.1, -0.05) is 23.8 Å². The minimum absolute atomic E-state index is 0.00679. The zero-order chi connectivity index (χ0) is 20.4. The van der Waals surface area contributed by atoms with Gasteiger partial charge in [-0.05, 0) is 37.0 Å². The molecule has 2 heterocycles. The maximum Gasteiger partial charge on any atom is 0.302 e. The topological polar surface area (TPSA) is 112 Å². The van der Waals surface area contributed by atoms with E-state index < -0.39 is 0 Å². The average molecular weight is 414 g/mol. The summed E-state index contributed by atoms with van der Waals surface area (Å²) in [5, 5.41) is 4.27. The maximum absolute atomic E-state index is 12.1. The second-order valence-electron chi connectivity index (χ2n) is 7.25. The molecule has 1 fully saturated rings. The highest BCUT2D eigenvalue weighted by molar-refractivity contribution is 7.22. The summed E-state index contributed by atoms with van der Waals surface area (Å²) in [6.45, 7) is 1.87. The standard InChI is InChI=1S/C20H23N5O3S/c1-12(26)28-16-5-3-2-4-14(16)23-20-24-15-7-6-13(10-17(15)29-20)11-25-9-8-22-18(21)19(25)27/h6-10,14,16H,2-5,11H2,1H3,(H2,21,22)(H,23,24)/t14-,16-/m1/s1. The van der Waals surface area contributed by atoms with Gasteiger partial charge < -0.3 is 20.4 Å². The van der Waals surface area contributed by atoms with Crippen LogP contribution in [0, 0.1) is 0 Å². The second-order valence-corrected chi connectivity index (χ2v) is 8.28. The Hall–Kier alpha value is -2.94. The van der Waals surface area contributed by atoms with Gasteiger partial charge in [0.15, 0.2) is 10.9 Å². The van der Waals surface area contributed by atoms with Gasteiger partial charge in [-0.25, -0.2) is 9.97 Å². The molecule has 0 amide bonds. The van der Waals surface area contributed by atoms with Gasteiger partial charge in [0.25, 0.3) is 5.56 Å². The summed E-state index contributed by atoms with van der Waals surface area (Å²) in [4.78, 5) is 32.0. The van der Waals surface area contributed by atoms with E-state index in [9.17, 15) is 9.59 Å². The normalized spacial score (nSPS) is 19.2. The molecule has 0 bridgehead atoms. The Labute approximate surface area is 171 Å². The van der Waals surface area contributed by atoms with Crippen LogP contribution in [0.2, 0.25) is 0 Å². The van der Waals surface area contributed by atoms with Crippen molar-refractivity contribution in [3.63, 3.8) is 0 Å². The van der Waals surface area contributed by atoms with Crippen molar-refractivity contribution in [1.29, 1.82) is 0 Å². The monoisotopic (exact) mass is 413 g/mol. The highest BCUT2D eigenvalue weighted by Gasteiger charge is 2.28. The van der Waals surface area contributed by atoms with Crippen molar-refractivity contribution in [1.82, 2.24) is 14.5 Å². The first kappa shape index (κ1) is 19.4. The fraction of sp³-hybridized carbons (Fsp3) is 0.400. The lowest BCUT2D eigenvalue weighted by Crippen LogP contribution is -2.39. The molecule has 0 saturated heterocycles. The van der Waals surface area contributed by atoms with Crippen molar-refractivity contribution in [2.24, 2.45) is 0 Å². The number of hydrogen-bond acceptors (Lipinski definition) is 8. The van der Waals surface area contributed by atoms with Crippen LogP contribution in [0.4, 0.5) is 10.9 Å². The summed E-state index contributed by atoms with van der Waals surface area (Å²) in [7, 11) is 0. The molecule has 0 radical (unpaired) electrons. The van der Waals surface area contributed by atoms with Gasteiger partial charge in [0, 0.05) is 19.3 Å². The van der Waals surface area contributed by atoms with Crippen molar-refractivity contribution in [2.45, 2.75) is 51.3 Å². The van der Waals surface area contributed by atoms with Gasteiger partial charge in [0.1, 0.15) is 6.10 Å². The molecule has 0 unspecified atom stereocenters. The van der Waals surface area contributed by atoms with Crippen molar-refractivity contribution in [3.8, 4) is 0 Å². The van der Waals surface area contributed by atoms with E-state index in [1.165, 1.54) is 17.7 Å². The summed E-state index contributed by atoms with van der Waals surface area (Å²) < 4.78 is 8.05. The van der Waals surface area contributed by atoms with Crippen molar-refractivity contribution in [3.05, 3.63) is 46.5 Å². The van der Waals surface area contributed by atoms with Crippen LogP contribution in [-0.2, 0) is 16.1 Å². The highest BCUT2D eigenvalue weighted by Crippen LogP contribution is 2.30. The Kier molecular flexibility index (Phi) is 5.48.